The minimum Gasteiger partial charge on any atom is -0.283 e. The molecular weight excluding hydrogens is 308 g/mol. The molecule has 0 fully saturated rings. The van der Waals surface area contributed by atoms with Crippen molar-refractivity contribution in [3.63, 3.8) is 0 Å². The van der Waals surface area contributed by atoms with E-state index in [2.05, 4.69) is 29.3 Å². The molecule has 0 aliphatic heterocycles. The quantitative estimate of drug-likeness (QED) is 0.424. The summed E-state index contributed by atoms with van der Waals surface area (Å²) in [5.74, 6) is 0.739. The fourth-order valence-electron chi connectivity index (χ4n) is 2.80. The molecule has 0 saturated carbocycles. The zero-order chi connectivity index (χ0) is 17.2. The Balaban J connectivity index is 1.88. The number of hydrogen-bond donors (Lipinski definition) is 0. The molecule has 0 spiro atoms. The van der Waals surface area contributed by atoms with E-state index in [0.29, 0.717) is 0 Å². The first kappa shape index (κ1) is 15.3. The number of rotatable bonds is 3. The molecule has 0 aliphatic rings. The van der Waals surface area contributed by atoms with Crippen LogP contribution in [0.15, 0.2) is 83.2 Å². The highest BCUT2D eigenvalue weighted by Gasteiger charge is 2.13. The molecule has 0 amide bonds. The highest BCUT2D eigenvalue weighted by atomic mass is 15.2. The Bertz CT molecular complexity index is 1060. The van der Waals surface area contributed by atoms with Gasteiger partial charge in [0.1, 0.15) is 11.3 Å². The molecule has 4 aromatic rings. The van der Waals surface area contributed by atoms with E-state index in [0.717, 1.165) is 34.0 Å². The van der Waals surface area contributed by atoms with E-state index >= 15 is 0 Å². The van der Waals surface area contributed by atoms with Crippen molar-refractivity contribution in [1.82, 2.24) is 9.38 Å². The number of fused-ring (bicyclic) bond motifs is 1. The van der Waals surface area contributed by atoms with Crippen LogP contribution in [-0.2, 0) is 0 Å². The largest absolute Gasteiger partial charge is 0.283 e. The number of imidazole rings is 1. The van der Waals surface area contributed by atoms with E-state index in [4.69, 9.17) is 4.98 Å². The third-order valence-corrected chi connectivity index (χ3v) is 4.17. The number of benzene rings is 2. The van der Waals surface area contributed by atoms with Gasteiger partial charge in [0.05, 0.1) is 5.69 Å². The van der Waals surface area contributed by atoms with Crippen LogP contribution in [0.2, 0.25) is 0 Å². The van der Waals surface area contributed by atoms with Crippen molar-refractivity contribution in [2.24, 2.45) is 10.2 Å². The number of aryl methyl sites for hydroxylation is 2. The molecular formula is C21H18N4. The Hall–Kier alpha value is -3.27. The Morgan fingerprint density at radius 3 is 2.48 bits per heavy atom. The molecule has 2 aromatic heterocycles. The smallest absolute Gasteiger partial charge is 0.187 e. The summed E-state index contributed by atoms with van der Waals surface area (Å²) in [7, 11) is 0. The van der Waals surface area contributed by atoms with Crippen molar-refractivity contribution in [2.45, 2.75) is 13.8 Å². The lowest BCUT2D eigenvalue weighted by molar-refractivity contribution is 1.10. The Kier molecular flexibility index (Phi) is 3.86. The summed E-state index contributed by atoms with van der Waals surface area (Å²) in [6.45, 7) is 4.10. The first-order chi connectivity index (χ1) is 12.2. The Morgan fingerprint density at radius 1 is 0.840 bits per heavy atom. The maximum absolute atomic E-state index is 4.74. The first-order valence-corrected chi connectivity index (χ1v) is 8.24. The maximum Gasteiger partial charge on any atom is 0.187 e. The fraction of sp³-hybridized carbons (Fsp3) is 0.0952. The summed E-state index contributed by atoms with van der Waals surface area (Å²) < 4.78 is 1.97. The van der Waals surface area contributed by atoms with Crippen LogP contribution in [0.1, 0.15) is 11.1 Å². The van der Waals surface area contributed by atoms with E-state index < -0.39 is 0 Å². The van der Waals surface area contributed by atoms with Crippen molar-refractivity contribution < 1.29 is 0 Å². The molecule has 0 atom stereocenters. The fourth-order valence-corrected chi connectivity index (χ4v) is 2.80. The second-order valence-corrected chi connectivity index (χ2v) is 6.07. The lowest BCUT2D eigenvalue weighted by Gasteiger charge is -2.02. The Labute approximate surface area is 146 Å². The minimum atomic E-state index is 0.739. The molecule has 2 heterocycles. The predicted octanol–water partition coefficient (Wildman–Crippen LogP) is 6.03. The third kappa shape index (κ3) is 2.94. The van der Waals surface area contributed by atoms with Gasteiger partial charge in [-0.25, -0.2) is 4.98 Å². The SMILES string of the molecule is Cc1ccc(C)c(N=Nc2c(-c3ccccc3)nc3ccccn23)c1. The van der Waals surface area contributed by atoms with Crippen LogP contribution < -0.4 is 0 Å². The van der Waals surface area contributed by atoms with E-state index in [1.807, 2.05) is 72.1 Å². The number of hydrogen-bond acceptors (Lipinski definition) is 3. The average molecular weight is 326 g/mol. The summed E-state index contributed by atoms with van der Waals surface area (Å²) in [5.41, 5.74) is 5.87. The van der Waals surface area contributed by atoms with Crippen LogP contribution in [-0.4, -0.2) is 9.38 Å². The standard InChI is InChI=1S/C21H18N4/c1-15-11-12-16(2)18(14-15)23-24-21-20(17-8-4-3-5-9-17)22-19-10-6-7-13-25(19)21/h3-14H,1-2H3. The number of pyridine rings is 1. The second kappa shape index (κ2) is 6.32. The van der Waals surface area contributed by atoms with E-state index in [-0.39, 0.29) is 0 Å². The summed E-state index contributed by atoms with van der Waals surface area (Å²) in [6.07, 6.45) is 1.96. The zero-order valence-corrected chi connectivity index (χ0v) is 14.2. The molecule has 4 rings (SSSR count). The van der Waals surface area contributed by atoms with Gasteiger partial charge >= 0.3 is 0 Å². The molecule has 0 aliphatic carbocycles. The molecule has 0 bridgehead atoms. The summed E-state index contributed by atoms with van der Waals surface area (Å²) in [4.78, 5) is 4.74. The predicted molar refractivity (Wildman–Crippen MR) is 101 cm³/mol. The normalized spacial score (nSPS) is 11.4. The van der Waals surface area contributed by atoms with Gasteiger partial charge in [-0.3, -0.25) is 4.40 Å². The van der Waals surface area contributed by atoms with Gasteiger partial charge in [-0.15, -0.1) is 10.2 Å². The molecule has 0 saturated heterocycles. The van der Waals surface area contributed by atoms with Gasteiger partial charge in [0.25, 0.3) is 0 Å². The second-order valence-electron chi connectivity index (χ2n) is 6.07. The van der Waals surface area contributed by atoms with Gasteiger partial charge in [0.15, 0.2) is 5.82 Å². The molecule has 4 nitrogen and oxygen atoms in total. The lowest BCUT2D eigenvalue weighted by Crippen LogP contribution is -1.82. The number of azo groups is 1. The highest BCUT2D eigenvalue weighted by Crippen LogP contribution is 2.32. The number of nitrogens with zero attached hydrogens (tertiary/aromatic N) is 4. The third-order valence-electron chi connectivity index (χ3n) is 4.17. The topological polar surface area (TPSA) is 42.0 Å². The van der Waals surface area contributed by atoms with E-state index in [9.17, 15) is 0 Å². The van der Waals surface area contributed by atoms with Crippen LogP contribution in [0.3, 0.4) is 0 Å². The summed E-state index contributed by atoms with van der Waals surface area (Å²) in [6, 6.07) is 22.2. The summed E-state index contributed by atoms with van der Waals surface area (Å²) >= 11 is 0. The zero-order valence-electron chi connectivity index (χ0n) is 14.2. The van der Waals surface area contributed by atoms with Crippen molar-refractivity contribution in [2.75, 3.05) is 0 Å². The van der Waals surface area contributed by atoms with Gasteiger partial charge in [-0.1, -0.05) is 48.5 Å². The van der Waals surface area contributed by atoms with E-state index in [1.165, 1.54) is 5.56 Å². The van der Waals surface area contributed by atoms with E-state index in [1.54, 1.807) is 0 Å². The van der Waals surface area contributed by atoms with Crippen LogP contribution in [0.5, 0.6) is 0 Å². The van der Waals surface area contributed by atoms with Crippen LogP contribution in [0, 0.1) is 13.8 Å². The first-order valence-electron chi connectivity index (χ1n) is 8.24. The van der Waals surface area contributed by atoms with Gasteiger partial charge in [-0.05, 0) is 43.2 Å². The molecule has 25 heavy (non-hydrogen) atoms. The lowest BCUT2D eigenvalue weighted by atomic mass is 10.1. The average Bonchev–Trinajstić information content (AvgIpc) is 3.02. The van der Waals surface area contributed by atoms with Crippen molar-refractivity contribution >= 4 is 17.2 Å². The van der Waals surface area contributed by atoms with Crippen molar-refractivity contribution in [3.8, 4) is 11.3 Å². The van der Waals surface area contributed by atoms with Crippen molar-refractivity contribution in [1.29, 1.82) is 0 Å². The van der Waals surface area contributed by atoms with Gasteiger partial charge in [-0.2, -0.15) is 0 Å². The van der Waals surface area contributed by atoms with Crippen molar-refractivity contribution in [3.05, 3.63) is 84.1 Å². The summed E-state index contributed by atoms with van der Waals surface area (Å²) in [5, 5.41) is 9.08. The maximum atomic E-state index is 4.74. The molecule has 4 heteroatoms. The molecule has 0 unspecified atom stereocenters. The molecule has 122 valence electrons. The van der Waals surface area contributed by atoms with Gasteiger partial charge in [0, 0.05) is 11.8 Å². The van der Waals surface area contributed by atoms with Crippen LogP contribution in [0.4, 0.5) is 11.5 Å². The highest BCUT2D eigenvalue weighted by molar-refractivity contribution is 5.74. The van der Waals surface area contributed by atoms with Gasteiger partial charge < -0.3 is 0 Å². The molecule has 0 radical (unpaired) electrons. The van der Waals surface area contributed by atoms with Crippen LogP contribution >= 0.6 is 0 Å². The molecule has 0 N–H and O–H groups in total. The van der Waals surface area contributed by atoms with Crippen LogP contribution in [0.25, 0.3) is 16.9 Å². The number of aromatic nitrogens is 2. The Morgan fingerprint density at radius 2 is 1.64 bits per heavy atom. The minimum absolute atomic E-state index is 0.739. The van der Waals surface area contributed by atoms with Gasteiger partial charge in [0.2, 0.25) is 0 Å². The monoisotopic (exact) mass is 326 g/mol. The molecule has 2 aromatic carbocycles.